The standard InChI is InChI=1S/C70H130O6/c1-4-7-10-13-16-19-22-25-28-31-34-35-37-39-42-45-48-51-54-57-60-63-69(72)75-66-67(65-74-68(71)62-59-56-53-50-47-44-41-38-33-30-27-24-21-18-15-12-9-6-3)76-70(73)64-61-58-55-52-49-46-43-40-36-32-29-26-23-20-17-14-11-8-5-2/h21,24,30-31,33-34,67H,4-20,22-23,25-29,32,35-66H2,1-3H3/b24-21-,33-30-,34-31-. The number of esters is 3. The molecule has 446 valence electrons. The highest BCUT2D eigenvalue weighted by Gasteiger charge is 2.19. The molecule has 0 fully saturated rings. The van der Waals surface area contributed by atoms with Crippen LogP contribution in [0.3, 0.4) is 0 Å². The number of ether oxygens (including phenoxy) is 3. The molecule has 0 aliphatic heterocycles. The molecule has 1 atom stereocenters. The Hall–Kier alpha value is -2.37. The van der Waals surface area contributed by atoms with Gasteiger partial charge in [0, 0.05) is 19.3 Å². The third-order valence-electron chi connectivity index (χ3n) is 15.4. The van der Waals surface area contributed by atoms with Gasteiger partial charge in [0.25, 0.3) is 0 Å². The van der Waals surface area contributed by atoms with Crippen LogP contribution in [0, 0.1) is 0 Å². The zero-order valence-corrected chi connectivity index (χ0v) is 51.3. The lowest BCUT2D eigenvalue weighted by Crippen LogP contribution is -2.30. The summed E-state index contributed by atoms with van der Waals surface area (Å²) < 4.78 is 17.0. The van der Waals surface area contributed by atoms with Gasteiger partial charge in [-0.05, 0) is 77.0 Å². The van der Waals surface area contributed by atoms with E-state index in [2.05, 4.69) is 57.2 Å². The maximum absolute atomic E-state index is 12.9. The maximum atomic E-state index is 12.9. The highest BCUT2D eigenvalue weighted by atomic mass is 16.6. The van der Waals surface area contributed by atoms with Crippen molar-refractivity contribution in [2.75, 3.05) is 13.2 Å². The molecule has 0 aliphatic rings. The van der Waals surface area contributed by atoms with Crippen molar-refractivity contribution in [1.82, 2.24) is 0 Å². The molecule has 0 radical (unpaired) electrons. The van der Waals surface area contributed by atoms with Gasteiger partial charge in [-0.1, -0.05) is 314 Å². The Kier molecular flexibility index (Phi) is 63.1. The van der Waals surface area contributed by atoms with Crippen molar-refractivity contribution >= 4 is 17.9 Å². The summed E-state index contributed by atoms with van der Waals surface area (Å²) in [6.07, 6.45) is 80.1. The average molecular weight is 1070 g/mol. The second kappa shape index (κ2) is 65.2. The molecule has 0 N–H and O–H groups in total. The normalized spacial score (nSPS) is 12.2. The van der Waals surface area contributed by atoms with Gasteiger partial charge < -0.3 is 14.2 Å². The Morgan fingerprint density at radius 3 is 0.750 bits per heavy atom. The molecule has 0 amide bonds. The quantitative estimate of drug-likeness (QED) is 0.0261. The molecule has 0 bridgehead atoms. The minimum atomic E-state index is -0.775. The van der Waals surface area contributed by atoms with Gasteiger partial charge in [-0.3, -0.25) is 14.4 Å². The first-order chi connectivity index (χ1) is 37.5. The lowest BCUT2D eigenvalue weighted by atomic mass is 10.0. The molecule has 0 aromatic carbocycles. The molecular formula is C70H130O6. The first-order valence-corrected chi connectivity index (χ1v) is 34.0. The van der Waals surface area contributed by atoms with Crippen LogP contribution in [0.25, 0.3) is 0 Å². The van der Waals surface area contributed by atoms with E-state index in [9.17, 15) is 14.4 Å². The number of carbonyl (C=O) groups excluding carboxylic acids is 3. The fourth-order valence-corrected chi connectivity index (χ4v) is 10.2. The predicted molar refractivity (Wildman–Crippen MR) is 330 cm³/mol. The van der Waals surface area contributed by atoms with Crippen molar-refractivity contribution in [2.45, 2.75) is 380 Å². The van der Waals surface area contributed by atoms with Gasteiger partial charge in [0.05, 0.1) is 0 Å². The first kappa shape index (κ1) is 73.6. The smallest absolute Gasteiger partial charge is 0.306 e. The van der Waals surface area contributed by atoms with Crippen LogP contribution < -0.4 is 0 Å². The van der Waals surface area contributed by atoms with Crippen LogP contribution in [-0.2, 0) is 28.6 Å². The molecule has 0 heterocycles. The van der Waals surface area contributed by atoms with E-state index in [0.717, 1.165) is 70.6 Å². The predicted octanol–water partition coefficient (Wildman–Crippen LogP) is 23.2. The Morgan fingerprint density at radius 2 is 0.474 bits per heavy atom. The molecule has 76 heavy (non-hydrogen) atoms. The molecule has 0 rings (SSSR count). The number of allylic oxidation sites excluding steroid dienone is 6. The van der Waals surface area contributed by atoms with Crippen molar-refractivity contribution in [3.63, 3.8) is 0 Å². The maximum Gasteiger partial charge on any atom is 0.306 e. The Bertz CT molecular complexity index is 1270. The van der Waals surface area contributed by atoms with E-state index in [1.165, 1.54) is 263 Å². The Balaban J connectivity index is 4.33. The number of hydrogen-bond acceptors (Lipinski definition) is 6. The highest BCUT2D eigenvalue weighted by Crippen LogP contribution is 2.18. The van der Waals surface area contributed by atoms with Gasteiger partial charge in [0.1, 0.15) is 13.2 Å². The third kappa shape index (κ3) is 62.5. The molecule has 0 aliphatic carbocycles. The van der Waals surface area contributed by atoms with Crippen LogP contribution in [0.15, 0.2) is 36.5 Å². The summed E-state index contributed by atoms with van der Waals surface area (Å²) in [4.78, 5) is 38.4. The average Bonchev–Trinajstić information content (AvgIpc) is 3.42. The monoisotopic (exact) mass is 1070 g/mol. The minimum Gasteiger partial charge on any atom is -0.462 e. The molecule has 0 spiro atoms. The summed E-state index contributed by atoms with van der Waals surface area (Å²) in [6, 6.07) is 0. The van der Waals surface area contributed by atoms with Gasteiger partial charge in [-0.2, -0.15) is 0 Å². The van der Waals surface area contributed by atoms with Crippen LogP contribution in [0.1, 0.15) is 374 Å². The number of unbranched alkanes of at least 4 members (excludes halogenated alkanes) is 46. The van der Waals surface area contributed by atoms with Gasteiger partial charge in [0.2, 0.25) is 0 Å². The molecule has 0 saturated carbocycles. The summed E-state index contributed by atoms with van der Waals surface area (Å²) in [5.41, 5.74) is 0. The summed E-state index contributed by atoms with van der Waals surface area (Å²) in [5, 5.41) is 0. The third-order valence-corrected chi connectivity index (χ3v) is 15.4. The molecule has 0 saturated heterocycles. The fraction of sp³-hybridized carbons (Fsp3) is 0.871. The number of hydrogen-bond donors (Lipinski definition) is 0. The summed E-state index contributed by atoms with van der Waals surface area (Å²) in [7, 11) is 0. The summed E-state index contributed by atoms with van der Waals surface area (Å²) in [6.45, 7) is 6.69. The largest absolute Gasteiger partial charge is 0.462 e. The second-order valence-electron chi connectivity index (χ2n) is 23.1. The Morgan fingerprint density at radius 1 is 0.263 bits per heavy atom. The number of carbonyl (C=O) groups is 3. The van der Waals surface area contributed by atoms with Crippen LogP contribution >= 0.6 is 0 Å². The van der Waals surface area contributed by atoms with E-state index in [-0.39, 0.29) is 31.1 Å². The lowest BCUT2D eigenvalue weighted by molar-refractivity contribution is -0.167. The van der Waals surface area contributed by atoms with Crippen molar-refractivity contribution < 1.29 is 28.6 Å². The van der Waals surface area contributed by atoms with E-state index in [1.54, 1.807) is 0 Å². The minimum absolute atomic E-state index is 0.0713. The van der Waals surface area contributed by atoms with Crippen molar-refractivity contribution in [2.24, 2.45) is 0 Å². The fourth-order valence-electron chi connectivity index (χ4n) is 10.2. The Labute approximate surface area is 474 Å². The van der Waals surface area contributed by atoms with Crippen LogP contribution in [-0.4, -0.2) is 37.2 Å². The van der Waals surface area contributed by atoms with E-state index < -0.39 is 6.10 Å². The zero-order chi connectivity index (χ0) is 55.0. The van der Waals surface area contributed by atoms with Crippen LogP contribution in [0.5, 0.6) is 0 Å². The highest BCUT2D eigenvalue weighted by molar-refractivity contribution is 5.71. The van der Waals surface area contributed by atoms with Gasteiger partial charge in [-0.15, -0.1) is 0 Å². The lowest BCUT2D eigenvalue weighted by Gasteiger charge is -2.18. The SMILES string of the molecule is CCCCCC/C=C\C/C=C\CCCCCCCCCC(=O)OCC(COC(=O)CCCCCCCCCCC/C=C\CCCCCCCCCC)OC(=O)CCCCCCCCCCCCCCCCCCCCC. The number of rotatable bonds is 63. The van der Waals surface area contributed by atoms with Gasteiger partial charge in [-0.25, -0.2) is 0 Å². The van der Waals surface area contributed by atoms with Gasteiger partial charge >= 0.3 is 17.9 Å². The van der Waals surface area contributed by atoms with E-state index in [0.29, 0.717) is 19.3 Å². The molecule has 6 heteroatoms. The van der Waals surface area contributed by atoms with E-state index in [1.807, 2.05) is 0 Å². The van der Waals surface area contributed by atoms with Gasteiger partial charge in [0.15, 0.2) is 6.10 Å². The topological polar surface area (TPSA) is 78.9 Å². The molecule has 1 unspecified atom stereocenters. The zero-order valence-electron chi connectivity index (χ0n) is 51.3. The molecule has 0 aromatic rings. The van der Waals surface area contributed by atoms with Crippen LogP contribution in [0.4, 0.5) is 0 Å². The second-order valence-corrected chi connectivity index (χ2v) is 23.1. The summed E-state index contributed by atoms with van der Waals surface area (Å²) in [5.74, 6) is -0.853. The molecular weight excluding hydrogens is 937 g/mol. The van der Waals surface area contributed by atoms with Crippen molar-refractivity contribution in [3.8, 4) is 0 Å². The van der Waals surface area contributed by atoms with E-state index in [4.69, 9.17) is 14.2 Å². The molecule has 6 nitrogen and oxygen atoms in total. The van der Waals surface area contributed by atoms with E-state index >= 15 is 0 Å². The molecule has 0 aromatic heterocycles. The van der Waals surface area contributed by atoms with Crippen molar-refractivity contribution in [1.29, 1.82) is 0 Å². The van der Waals surface area contributed by atoms with Crippen LogP contribution in [0.2, 0.25) is 0 Å². The first-order valence-electron chi connectivity index (χ1n) is 34.0. The summed E-state index contributed by atoms with van der Waals surface area (Å²) >= 11 is 0. The van der Waals surface area contributed by atoms with Crippen molar-refractivity contribution in [3.05, 3.63) is 36.5 Å².